The summed E-state index contributed by atoms with van der Waals surface area (Å²) in [5.41, 5.74) is 0. The van der Waals surface area contributed by atoms with Gasteiger partial charge in [-0.3, -0.25) is 9.59 Å². The van der Waals surface area contributed by atoms with Gasteiger partial charge in [-0.2, -0.15) is 0 Å². The smallest absolute Gasteiger partial charge is 0.313 e. The molecule has 1 rings (SSSR count). The van der Waals surface area contributed by atoms with Gasteiger partial charge in [0.1, 0.15) is 0 Å². The molecule has 4 nitrogen and oxygen atoms in total. The van der Waals surface area contributed by atoms with Crippen molar-refractivity contribution in [2.24, 2.45) is 11.8 Å². The predicted octanol–water partition coefficient (Wildman–Crippen LogP) is 0.0462. The molecule has 0 aromatic heterocycles. The molecule has 0 fully saturated rings. The first kappa shape index (κ1) is 7.78. The Morgan fingerprint density at radius 2 is 1.91 bits per heavy atom. The van der Waals surface area contributed by atoms with Gasteiger partial charge in [0, 0.05) is 0 Å². The number of carboxylic acids is 1. The molecule has 0 bridgehead atoms. The highest BCUT2D eigenvalue weighted by Crippen LogP contribution is 2.26. The van der Waals surface area contributed by atoms with Gasteiger partial charge in [0.15, 0.2) is 0 Å². The molecule has 0 saturated heterocycles. The highest BCUT2D eigenvalue weighted by atomic mass is 16.5. The number of carbonyl (C=O) groups is 2. The zero-order valence-corrected chi connectivity index (χ0v) is 5.98. The van der Waals surface area contributed by atoms with Crippen molar-refractivity contribution in [1.82, 2.24) is 0 Å². The largest absolute Gasteiger partial charge is 0.481 e. The second kappa shape index (κ2) is 2.74. The molecule has 1 N–H and O–H groups in total. The third-order valence-electron chi connectivity index (χ3n) is 1.67. The number of aliphatic carboxylic acids is 1. The van der Waals surface area contributed by atoms with Crippen LogP contribution in [0.2, 0.25) is 0 Å². The van der Waals surface area contributed by atoms with Gasteiger partial charge >= 0.3 is 11.9 Å². The molecule has 0 aromatic rings. The Labute approximate surface area is 63.5 Å². The zero-order valence-electron chi connectivity index (χ0n) is 5.98. The highest BCUT2D eigenvalue weighted by molar-refractivity contribution is 5.86. The Hall–Kier alpha value is -1.32. The highest BCUT2D eigenvalue weighted by Gasteiger charge is 2.36. The molecule has 0 heterocycles. The molecule has 0 unspecified atom stereocenters. The molecule has 11 heavy (non-hydrogen) atoms. The summed E-state index contributed by atoms with van der Waals surface area (Å²) in [5.74, 6) is -2.75. The van der Waals surface area contributed by atoms with Crippen LogP contribution in [-0.2, 0) is 14.3 Å². The lowest BCUT2D eigenvalue weighted by Gasteiger charge is -2.22. The van der Waals surface area contributed by atoms with Crippen molar-refractivity contribution in [3.63, 3.8) is 0 Å². The van der Waals surface area contributed by atoms with Crippen LogP contribution in [0.3, 0.4) is 0 Å². The van der Waals surface area contributed by atoms with E-state index in [0.29, 0.717) is 0 Å². The molecule has 2 atom stereocenters. The lowest BCUT2D eigenvalue weighted by molar-refractivity contribution is -0.153. The van der Waals surface area contributed by atoms with Crippen LogP contribution in [0.5, 0.6) is 0 Å². The monoisotopic (exact) mass is 156 g/mol. The van der Waals surface area contributed by atoms with E-state index in [-0.39, 0.29) is 0 Å². The van der Waals surface area contributed by atoms with Gasteiger partial charge in [0.2, 0.25) is 0 Å². The average Bonchev–Trinajstić information content (AvgIpc) is 1.83. The molecule has 60 valence electrons. The normalized spacial score (nSPS) is 27.4. The lowest BCUT2D eigenvalue weighted by Crippen LogP contribution is -2.33. The topological polar surface area (TPSA) is 63.6 Å². The number of carbonyl (C=O) groups excluding carboxylic acids is 1. The van der Waals surface area contributed by atoms with Crippen LogP contribution in [0.1, 0.15) is 0 Å². The van der Waals surface area contributed by atoms with Crippen LogP contribution in [0.15, 0.2) is 12.2 Å². The van der Waals surface area contributed by atoms with Crippen molar-refractivity contribution in [2.75, 3.05) is 7.11 Å². The Morgan fingerprint density at radius 1 is 1.36 bits per heavy atom. The maximum atomic E-state index is 10.8. The molecule has 0 spiro atoms. The summed E-state index contributed by atoms with van der Waals surface area (Å²) >= 11 is 0. The number of hydrogen-bond acceptors (Lipinski definition) is 3. The summed E-state index contributed by atoms with van der Waals surface area (Å²) in [7, 11) is 1.24. The number of rotatable bonds is 2. The number of ether oxygens (including phenoxy) is 1. The van der Waals surface area contributed by atoms with Gasteiger partial charge in [-0.15, -0.1) is 0 Å². The number of hydrogen-bond donors (Lipinski definition) is 1. The van der Waals surface area contributed by atoms with Crippen LogP contribution in [-0.4, -0.2) is 24.2 Å². The van der Waals surface area contributed by atoms with E-state index in [4.69, 9.17) is 5.11 Å². The van der Waals surface area contributed by atoms with E-state index in [9.17, 15) is 9.59 Å². The summed E-state index contributed by atoms with van der Waals surface area (Å²) in [6, 6.07) is 0. The van der Waals surface area contributed by atoms with E-state index in [1.807, 2.05) is 0 Å². The minimum Gasteiger partial charge on any atom is -0.481 e. The van der Waals surface area contributed by atoms with E-state index in [1.54, 1.807) is 0 Å². The molecule has 0 saturated carbocycles. The maximum Gasteiger partial charge on any atom is 0.313 e. The van der Waals surface area contributed by atoms with E-state index in [2.05, 4.69) is 4.74 Å². The van der Waals surface area contributed by atoms with Gasteiger partial charge < -0.3 is 9.84 Å². The van der Waals surface area contributed by atoms with Crippen molar-refractivity contribution >= 4 is 11.9 Å². The van der Waals surface area contributed by atoms with Crippen LogP contribution in [0, 0.1) is 11.8 Å². The molecule has 0 aliphatic heterocycles. The first-order chi connectivity index (χ1) is 5.16. The number of esters is 1. The van der Waals surface area contributed by atoms with Crippen LogP contribution in [0.4, 0.5) is 0 Å². The number of methoxy groups -OCH3 is 1. The van der Waals surface area contributed by atoms with Gasteiger partial charge in [-0.05, 0) is 0 Å². The number of carboxylic acid groups (broad SMARTS) is 1. The minimum atomic E-state index is -0.983. The van der Waals surface area contributed by atoms with Gasteiger partial charge in [0.25, 0.3) is 0 Å². The fraction of sp³-hybridized carbons (Fsp3) is 0.429. The summed E-state index contributed by atoms with van der Waals surface area (Å²) in [4.78, 5) is 21.1. The quantitative estimate of drug-likeness (QED) is 0.453. The average molecular weight is 156 g/mol. The summed E-state index contributed by atoms with van der Waals surface area (Å²) < 4.78 is 4.38. The summed E-state index contributed by atoms with van der Waals surface area (Å²) in [6.45, 7) is 0. The first-order valence-electron chi connectivity index (χ1n) is 3.15. The third kappa shape index (κ3) is 1.24. The van der Waals surface area contributed by atoms with Crippen LogP contribution < -0.4 is 0 Å². The molecule has 0 aromatic carbocycles. The van der Waals surface area contributed by atoms with Crippen molar-refractivity contribution < 1.29 is 19.4 Å². The van der Waals surface area contributed by atoms with Crippen molar-refractivity contribution in [1.29, 1.82) is 0 Å². The van der Waals surface area contributed by atoms with Crippen molar-refractivity contribution in [3.05, 3.63) is 12.2 Å². The molecular formula is C7H8O4. The summed E-state index contributed by atoms with van der Waals surface area (Å²) in [6.07, 6.45) is 3.01. The Bertz CT molecular complexity index is 218. The third-order valence-corrected chi connectivity index (χ3v) is 1.67. The summed E-state index contributed by atoms with van der Waals surface area (Å²) in [5, 5.41) is 8.49. The fourth-order valence-corrected chi connectivity index (χ4v) is 0.931. The molecular weight excluding hydrogens is 148 g/mol. The Balaban J connectivity index is 2.59. The standard InChI is InChI=1S/C7H8O4/c1-11-7(10)5-3-2-4(5)6(8)9/h2-5H,1H3,(H,8,9)/t4-,5+/m0/s1. The maximum absolute atomic E-state index is 10.8. The van der Waals surface area contributed by atoms with Crippen LogP contribution in [0.25, 0.3) is 0 Å². The molecule has 4 heteroatoms. The van der Waals surface area contributed by atoms with E-state index in [0.717, 1.165) is 0 Å². The molecule has 1 aliphatic carbocycles. The Kier molecular flexibility index (Phi) is 1.94. The first-order valence-corrected chi connectivity index (χ1v) is 3.15. The van der Waals surface area contributed by atoms with Crippen LogP contribution >= 0.6 is 0 Å². The predicted molar refractivity (Wildman–Crippen MR) is 35.8 cm³/mol. The fourth-order valence-electron chi connectivity index (χ4n) is 0.931. The second-order valence-corrected chi connectivity index (χ2v) is 2.30. The van der Waals surface area contributed by atoms with E-state index >= 15 is 0 Å². The van der Waals surface area contributed by atoms with E-state index in [1.165, 1.54) is 19.3 Å². The molecule has 1 aliphatic rings. The molecule has 0 amide bonds. The van der Waals surface area contributed by atoms with Gasteiger partial charge in [-0.1, -0.05) is 12.2 Å². The molecule has 0 radical (unpaired) electrons. The second-order valence-electron chi connectivity index (χ2n) is 2.30. The lowest BCUT2D eigenvalue weighted by atomic mass is 9.82. The SMILES string of the molecule is COC(=O)[C@@H]1C=C[C@@H]1C(=O)O. The minimum absolute atomic E-state index is 0.486. The van der Waals surface area contributed by atoms with Gasteiger partial charge in [0.05, 0.1) is 18.9 Å². The Morgan fingerprint density at radius 3 is 2.18 bits per heavy atom. The van der Waals surface area contributed by atoms with E-state index < -0.39 is 23.8 Å². The van der Waals surface area contributed by atoms with Gasteiger partial charge in [-0.25, -0.2) is 0 Å². The van der Waals surface area contributed by atoms with Crippen molar-refractivity contribution in [2.45, 2.75) is 0 Å². The zero-order chi connectivity index (χ0) is 8.43. The van der Waals surface area contributed by atoms with Crippen molar-refractivity contribution in [3.8, 4) is 0 Å².